The summed E-state index contributed by atoms with van der Waals surface area (Å²) < 4.78 is 32.7. The van der Waals surface area contributed by atoms with E-state index in [1.54, 1.807) is 36.4 Å². The lowest BCUT2D eigenvalue weighted by Crippen LogP contribution is -2.47. The van der Waals surface area contributed by atoms with Gasteiger partial charge < -0.3 is 9.73 Å². The number of carbonyl (C=O) groups excluding carboxylic acids is 2. The Labute approximate surface area is 182 Å². The first-order chi connectivity index (χ1) is 14.8. The van der Waals surface area contributed by atoms with Gasteiger partial charge >= 0.3 is 6.03 Å². The highest BCUT2D eigenvalue weighted by Crippen LogP contribution is 2.17. The Kier molecular flexibility index (Phi) is 7.83. The molecule has 3 N–H and O–H groups in total. The second-order valence-electron chi connectivity index (χ2n) is 7.72. The van der Waals surface area contributed by atoms with E-state index < -0.39 is 22.0 Å². The highest BCUT2D eigenvalue weighted by molar-refractivity contribution is 7.89. The summed E-state index contributed by atoms with van der Waals surface area (Å²) in [5.74, 6) is 0.280. The van der Waals surface area contributed by atoms with E-state index in [0.717, 1.165) is 24.9 Å². The topological polar surface area (TPSA) is 121 Å². The molecule has 0 spiro atoms. The minimum absolute atomic E-state index is 0.0788. The number of urea groups is 1. The highest BCUT2D eigenvalue weighted by Gasteiger charge is 2.24. The lowest BCUT2D eigenvalue weighted by Gasteiger charge is -2.32. The summed E-state index contributed by atoms with van der Waals surface area (Å²) in [6.45, 7) is 3.78. The van der Waals surface area contributed by atoms with Gasteiger partial charge in [0.1, 0.15) is 5.76 Å². The van der Waals surface area contributed by atoms with Crippen LogP contribution >= 0.6 is 0 Å². The molecule has 1 aliphatic heterocycles. The largest absolute Gasteiger partial charge is 0.467 e. The second kappa shape index (κ2) is 10.6. The maximum Gasteiger partial charge on any atom is 0.321 e. The first-order valence-corrected chi connectivity index (χ1v) is 11.7. The molecule has 1 unspecified atom stereocenters. The average molecular weight is 449 g/mol. The fourth-order valence-corrected chi connectivity index (χ4v) is 4.60. The molecule has 1 saturated heterocycles. The number of aryl methyl sites for hydroxylation is 1. The van der Waals surface area contributed by atoms with Crippen molar-refractivity contribution in [1.29, 1.82) is 0 Å². The zero-order chi connectivity index (χ0) is 22.3. The van der Waals surface area contributed by atoms with Crippen LogP contribution in [-0.2, 0) is 21.4 Å². The van der Waals surface area contributed by atoms with Gasteiger partial charge in [0.25, 0.3) is 0 Å². The molecule has 1 fully saturated rings. The normalized spacial score (nSPS) is 17.3. The zero-order valence-corrected chi connectivity index (χ0v) is 18.3. The third-order valence-electron chi connectivity index (χ3n) is 5.12. The summed E-state index contributed by atoms with van der Waals surface area (Å²) in [4.78, 5) is 26.2. The van der Waals surface area contributed by atoms with Gasteiger partial charge in [-0.1, -0.05) is 17.7 Å². The SMILES string of the molecule is Cc1ccc(S(=O)(=O)NCC2CCCN(CC(=O)NC(=O)NCc3ccco3)C2)cc1. The van der Waals surface area contributed by atoms with Crippen molar-refractivity contribution in [3.05, 3.63) is 54.0 Å². The van der Waals surface area contributed by atoms with Gasteiger partial charge in [0.05, 0.1) is 24.2 Å². The number of sulfonamides is 1. The van der Waals surface area contributed by atoms with Crippen molar-refractivity contribution in [3.8, 4) is 0 Å². The Hall–Kier alpha value is -2.69. The lowest BCUT2D eigenvalue weighted by atomic mass is 9.98. The molecular weight excluding hydrogens is 420 g/mol. The standard InChI is InChI=1S/C21H28N4O5S/c1-16-6-8-19(9-7-16)31(28,29)23-12-17-4-2-10-25(14-17)15-20(26)24-21(27)22-13-18-5-3-11-30-18/h3,5-9,11,17,23H,2,4,10,12-15H2,1H3,(H2,22,24,26,27). The number of likely N-dealkylation sites (tertiary alicyclic amines) is 1. The number of nitrogens with zero attached hydrogens (tertiary/aromatic N) is 1. The molecule has 0 bridgehead atoms. The predicted octanol–water partition coefficient (Wildman–Crippen LogP) is 1.60. The van der Waals surface area contributed by atoms with Crippen LogP contribution in [0.5, 0.6) is 0 Å². The van der Waals surface area contributed by atoms with Crippen LogP contribution in [0.2, 0.25) is 0 Å². The molecule has 168 valence electrons. The number of amides is 3. The van der Waals surface area contributed by atoms with Crippen LogP contribution in [-0.4, -0.2) is 51.4 Å². The van der Waals surface area contributed by atoms with Crippen molar-refractivity contribution < 1.29 is 22.4 Å². The fourth-order valence-electron chi connectivity index (χ4n) is 3.48. The van der Waals surface area contributed by atoms with Gasteiger partial charge in [0.15, 0.2) is 0 Å². The number of imide groups is 1. The van der Waals surface area contributed by atoms with E-state index in [4.69, 9.17) is 4.42 Å². The number of nitrogens with one attached hydrogen (secondary N) is 3. The minimum Gasteiger partial charge on any atom is -0.467 e. The van der Waals surface area contributed by atoms with Crippen LogP contribution in [0.4, 0.5) is 4.79 Å². The summed E-state index contributed by atoms with van der Waals surface area (Å²) in [6.07, 6.45) is 3.24. The molecular formula is C21H28N4O5S. The maximum absolute atomic E-state index is 12.5. The van der Waals surface area contributed by atoms with E-state index in [-0.39, 0.29) is 23.9 Å². The van der Waals surface area contributed by atoms with E-state index >= 15 is 0 Å². The first-order valence-electron chi connectivity index (χ1n) is 10.2. The molecule has 9 nitrogen and oxygen atoms in total. The van der Waals surface area contributed by atoms with Crippen LogP contribution in [0.3, 0.4) is 0 Å². The van der Waals surface area contributed by atoms with Crippen molar-refractivity contribution in [2.75, 3.05) is 26.2 Å². The smallest absolute Gasteiger partial charge is 0.321 e. The van der Waals surface area contributed by atoms with Crippen molar-refractivity contribution in [2.24, 2.45) is 5.92 Å². The Morgan fingerprint density at radius 1 is 1.19 bits per heavy atom. The first kappa shape index (κ1) is 23.0. The van der Waals surface area contributed by atoms with Crippen molar-refractivity contribution in [3.63, 3.8) is 0 Å². The Balaban J connectivity index is 1.41. The molecule has 10 heteroatoms. The predicted molar refractivity (Wildman–Crippen MR) is 115 cm³/mol. The highest BCUT2D eigenvalue weighted by atomic mass is 32.2. The number of hydrogen-bond donors (Lipinski definition) is 3. The number of furan rings is 1. The van der Waals surface area contributed by atoms with Gasteiger partial charge in [-0.15, -0.1) is 0 Å². The summed E-state index contributed by atoms with van der Waals surface area (Å²) in [7, 11) is -3.57. The van der Waals surface area contributed by atoms with Gasteiger partial charge in [0, 0.05) is 13.1 Å². The van der Waals surface area contributed by atoms with E-state index in [2.05, 4.69) is 15.4 Å². The Morgan fingerprint density at radius 3 is 2.68 bits per heavy atom. The number of carbonyl (C=O) groups is 2. The van der Waals surface area contributed by atoms with E-state index in [1.807, 2.05) is 11.8 Å². The maximum atomic E-state index is 12.5. The summed E-state index contributed by atoms with van der Waals surface area (Å²) >= 11 is 0. The quantitative estimate of drug-likeness (QED) is 0.564. The third kappa shape index (κ3) is 7.20. The molecule has 1 aromatic heterocycles. The molecule has 1 atom stereocenters. The van der Waals surface area contributed by atoms with E-state index in [1.165, 1.54) is 6.26 Å². The molecule has 1 aromatic carbocycles. The molecule has 0 radical (unpaired) electrons. The van der Waals surface area contributed by atoms with Crippen LogP contribution in [0.1, 0.15) is 24.2 Å². The van der Waals surface area contributed by atoms with Crippen LogP contribution in [0.15, 0.2) is 52.0 Å². The Morgan fingerprint density at radius 2 is 1.97 bits per heavy atom. The summed E-state index contributed by atoms with van der Waals surface area (Å²) in [5.41, 5.74) is 0.995. The molecule has 0 aliphatic carbocycles. The molecule has 1 aliphatic rings. The fraction of sp³-hybridized carbons (Fsp3) is 0.429. The number of benzene rings is 1. The van der Waals surface area contributed by atoms with Gasteiger partial charge in [-0.2, -0.15) is 0 Å². The molecule has 2 heterocycles. The zero-order valence-electron chi connectivity index (χ0n) is 17.5. The average Bonchev–Trinajstić information content (AvgIpc) is 3.25. The molecule has 2 aromatic rings. The second-order valence-corrected chi connectivity index (χ2v) is 9.49. The molecule has 3 rings (SSSR count). The monoisotopic (exact) mass is 448 g/mol. The van der Waals surface area contributed by atoms with Gasteiger partial charge in [-0.05, 0) is 56.5 Å². The van der Waals surface area contributed by atoms with Gasteiger partial charge in [0.2, 0.25) is 15.9 Å². The van der Waals surface area contributed by atoms with Crippen LogP contribution in [0.25, 0.3) is 0 Å². The number of rotatable bonds is 8. The van der Waals surface area contributed by atoms with Gasteiger partial charge in [-0.3, -0.25) is 15.0 Å². The van der Waals surface area contributed by atoms with Crippen LogP contribution < -0.4 is 15.4 Å². The van der Waals surface area contributed by atoms with Crippen molar-refractivity contribution in [1.82, 2.24) is 20.3 Å². The minimum atomic E-state index is -3.57. The lowest BCUT2D eigenvalue weighted by molar-refractivity contribution is -0.121. The molecule has 3 amide bonds. The number of piperidine rings is 1. The Bertz CT molecular complexity index is 974. The molecule has 0 saturated carbocycles. The summed E-state index contributed by atoms with van der Waals surface area (Å²) in [5, 5.41) is 4.86. The third-order valence-corrected chi connectivity index (χ3v) is 6.56. The number of hydrogen-bond acceptors (Lipinski definition) is 6. The van der Waals surface area contributed by atoms with E-state index in [9.17, 15) is 18.0 Å². The van der Waals surface area contributed by atoms with E-state index in [0.29, 0.717) is 18.8 Å². The van der Waals surface area contributed by atoms with Crippen LogP contribution in [0, 0.1) is 12.8 Å². The van der Waals surface area contributed by atoms with Crippen molar-refractivity contribution >= 4 is 22.0 Å². The van der Waals surface area contributed by atoms with Gasteiger partial charge in [-0.25, -0.2) is 17.9 Å². The van der Waals surface area contributed by atoms with Crippen molar-refractivity contribution in [2.45, 2.75) is 31.2 Å². The molecule has 31 heavy (non-hydrogen) atoms. The summed E-state index contributed by atoms with van der Waals surface area (Å²) in [6, 6.07) is 9.57.